The van der Waals surface area contributed by atoms with Crippen LogP contribution < -0.4 is 3.71 Å². The van der Waals surface area contributed by atoms with Gasteiger partial charge in [-0.15, -0.1) is 0 Å². The minimum Gasteiger partial charge on any atom is -0.344 e. The molecule has 0 aliphatic rings. The van der Waals surface area contributed by atoms with Gasteiger partial charge in [-0.2, -0.15) is 0 Å². The van der Waals surface area contributed by atoms with Crippen molar-refractivity contribution in [2.75, 3.05) is 15.2 Å². The van der Waals surface area contributed by atoms with Crippen LogP contribution in [0.2, 0.25) is 5.02 Å². The van der Waals surface area contributed by atoms with E-state index in [9.17, 15) is 8.42 Å². The summed E-state index contributed by atoms with van der Waals surface area (Å²) < 4.78 is 28.3. The van der Waals surface area contributed by atoms with E-state index < -0.39 is 10.0 Å². The average Bonchev–Trinajstić information content (AvgIpc) is 2.96. The Labute approximate surface area is 163 Å². The van der Waals surface area contributed by atoms with E-state index in [1.54, 1.807) is 19.3 Å². The first kappa shape index (κ1) is 19.1. The van der Waals surface area contributed by atoms with Crippen LogP contribution in [-0.2, 0) is 17.1 Å². The minimum absolute atomic E-state index is 0.0385. The lowest BCUT2D eigenvalue weighted by Gasteiger charge is -2.21. The highest BCUT2D eigenvalue weighted by molar-refractivity contribution is 8.14. The van der Waals surface area contributed by atoms with Crippen molar-refractivity contribution < 1.29 is 8.42 Å². The SMILES string of the molecule is CCSN(c1cncc(-c2cc3ccc(Cl)cc3n2C)c1)S(=O)(=O)CC. The second-order valence-corrected chi connectivity index (χ2v) is 9.74. The Morgan fingerprint density at radius 1 is 1.19 bits per heavy atom. The van der Waals surface area contributed by atoms with Crippen molar-refractivity contribution in [3.63, 3.8) is 0 Å². The molecule has 0 spiro atoms. The fraction of sp³-hybridized carbons (Fsp3) is 0.278. The maximum atomic E-state index is 12.4. The molecular weight excluding hydrogens is 390 g/mol. The van der Waals surface area contributed by atoms with Gasteiger partial charge in [0.2, 0.25) is 10.0 Å². The molecule has 0 N–H and O–H groups in total. The fourth-order valence-corrected chi connectivity index (χ4v) is 5.38. The summed E-state index contributed by atoms with van der Waals surface area (Å²) in [5.74, 6) is 0.687. The number of fused-ring (bicyclic) bond motifs is 1. The van der Waals surface area contributed by atoms with Crippen LogP contribution in [0.3, 0.4) is 0 Å². The van der Waals surface area contributed by atoms with Crippen LogP contribution in [-0.4, -0.2) is 29.5 Å². The van der Waals surface area contributed by atoms with Crippen molar-refractivity contribution in [1.29, 1.82) is 0 Å². The maximum absolute atomic E-state index is 12.4. The van der Waals surface area contributed by atoms with Crippen molar-refractivity contribution in [1.82, 2.24) is 9.55 Å². The highest BCUT2D eigenvalue weighted by Crippen LogP contribution is 2.33. The van der Waals surface area contributed by atoms with Gasteiger partial charge in [-0.1, -0.05) is 24.6 Å². The summed E-state index contributed by atoms with van der Waals surface area (Å²) in [5, 5.41) is 1.75. The van der Waals surface area contributed by atoms with Gasteiger partial charge in [0, 0.05) is 40.5 Å². The van der Waals surface area contributed by atoms with Crippen molar-refractivity contribution in [3.05, 3.63) is 47.7 Å². The number of benzene rings is 1. The maximum Gasteiger partial charge on any atom is 0.244 e. The van der Waals surface area contributed by atoms with Gasteiger partial charge in [-0.05, 0) is 43.1 Å². The highest BCUT2D eigenvalue weighted by atomic mass is 35.5. The second kappa shape index (κ2) is 7.50. The molecule has 0 aliphatic carbocycles. The van der Waals surface area contributed by atoms with E-state index in [1.165, 1.54) is 15.7 Å². The van der Waals surface area contributed by atoms with E-state index in [-0.39, 0.29) is 5.75 Å². The van der Waals surface area contributed by atoms with Crippen LogP contribution in [0.25, 0.3) is 22.2 Å². The van der Waals surface area contributed by atoms with Gasteiger partial charge < -0.3 is 4.57 Å². The molecule has 8 heteroatoms. The molecule has 0 saturated carbocycles. The number of nitrogens with zero attached hydrogens (tertiary/aromatic N) is 3. The minimum atomic E-state index is -3.38. The molecule has 138 valence electrons. The number of aromatic nitrogens is 2. The molecule has 0 amide bonds. The Morgan fingerprint density at radius 2 is 1.96 bits per heavy atom. The highest BCUT2D eigenvalue weighted by Gasteiger charge is 2.22. The Morgan fingerprint density at radius 3 is 2.65 bits per heavy atom. The molecule has 5 nitrogen and oxygen atoms in total. The van der Waals surface area contributed by atoms with Gasteiger partial charge >= 0.3 is 0 Å². The lowest BCUT2D eigenvalue weighted by atomic mass is 10.2. The van der Waals surface area contributed by atoms with Gasteiger partial charge in [0.15, 0.2) is 0 Å². The number of sulfonamides is 1. The van der Waals surface area contributed by atoms with E-state index >= 15 is 0 Å². The average molecular weight is 410 g/mol. The molecule has 0 aliphatic heterocycles. The van der Waals surface area contributed by atoms with Crippen LogP contribution in [0.5, 0.6) is 0 Å². The molecule has 0 bridgehead atoms. The quantitative estimate of drug-likeness (QED) is 0.553. The molecule has 2 heterocycles. The zero-order valence-electron chi connectivity index (χ0n) is 14.8. The topological polar surface area (TPSA) is 55.2 Å². The first-order valence-electron chi connectivity index (χ1n) is 8.23. The lowest BCUT2D eigenvalue weighted by Crippen LogP contribution is -2.26. The standard InChI is InChI=1S/C18H20ClN3O2S2/c1-4-25-22(26(23,24)5-2)16-8-14(11-20-12-16)17-9-13-6-7-15(19)10-18(13)21(17)3/h6-12H,4-5H2,1-3H3. The van der Waals surface area contributed by atoms with Gasteiger partial charge in [-0.3, -0.25) is 4.98 Å². The molecule has 0 saturated heterocycles. The first-order chi connectivity index (χ1) is 12.4. The summed E-state index contributed by atoms with van der Waals surface area (Å²) in [5.41, 5.74) is 3.37. The molecule has 3 aromatic rings. The Bertz CT molecular complexity index is 1050. The van der Waals surface area contributed by atoms with Crippen molar-refractivity contribution in [2.45, 2.75) is 13.8 Å². The van der Waals surface area contributed by atoms with E-state index in [2.05, 4.69) is 11.1 Å². The molecule has 0 atom stereocenters. The van der Waals surface area contributed by atoms with E-state index in [0.29, 0.717) is 16.5 Å². The summed E-state index contributed by atoms with van der Waals surface area (Å²) in [6.07, 6.45) is 3.32. The number of anilines is 1. The largest absolute Gasteiger partial charge is 0.344 e. The van der Waals surface area contributed by atoms with Crippen LogP contribution in [0.4, 0.5) is 5.69 Å². The van der Waals surface area contributed by atoms with Gasteiger partial charge in [0.1, 0.15) is 0 Å². The predicted octanol–water partition coefficient (Wildman–Crippen LogP) is 4.72. The molecular formula is C18H20ClN3O2S2. The Kier molecular flexibility index (Phi) is 5.50. The molecule has 0 fully saturated rings. The van der Waals surface area contributed by atoms with E-state index in [4.69, 9.17) is 11.6 Å². The smallest absolute Gasteiger partial charge is 0.244 e. The summed E-state index contributed by atoms with van der Waals surface area (Å²) in [7, 11) is -1.42. The zero-order chi connectivity index (χ0) is 18.9. The van der Waals surface area contributed by atoms with Gasteiger partial charge in [0.25, 0.3) is 0 Å². The summed E-state index contributed by atoms with van der Waals surface area (Å²) >= 11 is 7.37. The first-order valence-corrected chi connectivity index (χ1v) is 11.2. The summed E-state index contributed by atoms with van der Waals surface area (Å²) in [4.78, 5) is 4.28. The fourth-order valence-electron chi connectivity index (χ4n) is 2.80. The normalized spacial score (nSPS) is 11.8. The number of aryl methyl sites for hydroxylation is 1. The van der Waals surface area contributed by atoms with Crippen LogP contribution in [0, 0.1) is 0 Å². The van der Waals surface area contributed by atoms with Crippen LogP contribution >= 0.6 is 23.5 Å². The third kappa shape index (κ3) is 3.56. The van der Waals surface area contributed by atoms with Crippen molar-refractivity contribution >= 4 is 50.2 Å². The van der Waals surface area contributed by atoms with Gasteiger partial charge in [0.05, 0.1) is 23.3 Å². The van der Waals surface area contributed by atoms with Crippen LogP contribution in [0.15, 0.2) is 42.7 Å². The molecule has 2 aromatic heterocycles. The number of rotatable bonds is 6. The molecule has 0 unspecified atom stereocenters. The zero-order valence-corrected chi connectivity index (χ0v) is 17.2. The number of pyridine rings is 1. The lowest BCUT2D eigenvalue weighted by molar-refractivity contribution is 0.599. The summed E-state index contributed by atoms with van der Waals surface area (Å²) in [6.45, 7) is 3.57. The number of halogens is 1. The molecule has 0 radical (unpaired) electrons. The number of hydrogen-bond acceptors (Lipinski definition) is 4. The molecule has 1 aromatic carbocycles. The third-order valence-electron chi connectivity index (χ3n) is 4.10. The molecule has 26 heavy (non-hydrogen) atoms. The van der Waals surface area contributed by atoms with E-state index in [1.807, 2.05) is 42.8 Å². The van der Waals surface area contributed by atoms with Crippen LogP contribution in [0.1, 0.15) is 13.8 Å². The Balaban J connectivity index is 2.11. The second-order valence-electron chi connectivity index (χ2n) is 5.77. The molecule has 3 rings (SSSR count). The number of hydrogen-bond donors (Lipinski definition) is 0. The monoisotopic (exact) mass is 409 g/mol. The van der Waals surface area contributed by atoms with E-state index in [0.717, 1.165) is 22.2 Å². The third-order valence-corrected chi connectivity index (χ3v) is 7.48. The van der Waals surface area contributed by atoms with Gasteiger partial charge in [-0.25, -0.2) is 12.1 Å². The van der Waals surface area contributed by atoms with Crippen molar-refractivity contribution in [3.8, 4) is 11.3 Å². The summed E-state index contributed by atoms with van der Waals surface area (Å²) in [6, 6.07) is 9.66. The predicted molar refractivity (Wildman–Crippen MR) is 111 cm³/mol. The Hall–Kier alpha value is -1.70. The van der Waals surface area contributed by atoms with Crippen molar-refractivity contribution in [2.24, 2.45) is 7.05 Å².